The molecule has 1 rings (SSSR count). The second-order valence-electron chi connectivity index (χ2n) is 9.82. The number of aliphatic hydroxyl groups is 4. The molecule has 0 aromatic rings. The summed E-state index contributed by atoms with van der Waals surface area (Å²) in [6, 6.07) is -1.26. The van der Waals surface area contributed by atoms with Gasteiger partial charge in [-0.1, -0.05) is 44.9 Å². The number of amides is 2. The van der Waals surface area contributed by atoms with Gasteiger partial charge in [0.2, 0.25) is 11.8 Å². The molecule has 0 aromatic heterocycles. The fourth-order valence-corrected chi connectivity index (χ4v) is 4.13. The summed E-state index contributed by atoms with van der Waals surface area (Å²) in [5.74, 6) is -2.93. The van der Waals surface area contributed by atoms with Crippen LogP contribution in [0.2, 0.25) is 0 Å². The van der Waals surface area contributed by atoms with Gasteiger partial charge in [0.05, 0.1) is 20.3 Å². The van der Waals surface area contributed by atoms with E-state index in [-0.39, 0.29) is 35.5 Å². The average Bonchev–Trinajstić information content (AvgIpc) is 2.93. The molecule has 6 N–H and O–H groups in total. The van der Waals surface area contributed by atoms with Crippen LogP contribution in [0.3, 0.4) is 0 Å². The minimum absolute atomic E-state index is 0. The molecule has 0 aliphatic carbocycles. The van der Waals surface area contributed by atoms with E-state index >= 15 is 0 Å². The van der Waals surface area contributed by atoms with E-state index in [1.54, 1.807) is 0 Å². The van der Waals surface area contributed by atoms with Crippen LogP contribution in [0.1, 0.15) is 77.0 Å². The normalized spacial score (nSPS) is 22.7. The second kappa shape index (κ2) is 23.1. The molecule has 1 unspecified atom stereocenters. The standard InChI is InChI=1S/C26H46N2O12.Na/c1-38-21(33)11-9-7-5-3-2-4-6-8-10-14-27-25(37)17(28-19(30)12-13-20(31)32)16-39-26-24(36)23(35)22(34)18(15-29)40-26;/h17-18,22-24,26,29,34-36H,2-16H2,1H3,(H,27,37)(H,28,30)(H,31,32);/q;+1/p-1/t17?,18-,22+,23+,24-,26-;/m1./s1. The molecule has 232 valence electrons. The molecule has 1 saturated heterocycles. The van der Waals surface area contributed by atoms with Gasteiger partial charge in [0.15, 0.2) is 6.29 Å². The fraction of sp³-hybridized carbons (Fsp3) is 0.846. The number of unbranched alkanes of at least 4 members (excludes halogenated alkanes) is 8. The molecule has 0 radical (unpaired) electrons. The zero-order valence-electron chi connectivity index (χ0n) is 24.1. The molecule has 41 heavy (non-hydrogen) atoms. The van der Waals surface area contributed by atoms with Gasteiger partial charge in [-0.25, -0.2) is 0 Å². The van der Waals surface area contributed by atoms with Crippen LogP contribution >= 0.6 is 0 Å². The zero-order valence-corrected chi connectivity index (χ0v) is 26.1. The number of aliphatic carboxylic acids is 1. The van der Waals surface area contributed by atoms with Gasteiger partial charge in [0.1, 0.15) is 30.5 Å². The first kappa shape index (κ1) is 39.6. The molecule has 1 aliphatic heterocycles. The number of esters is 1. The van der Waals surface area contributed by atoms with Crippen molar-refractivity contribution >= 4 is 23.8 Å². The Labute approximate surface area is 262 Å². The summed E-state index contributed by atoms with van der Waals surface area (Å²) in [5.41, 5.74) is 0. The van der Waals surface area contributed by atoms with Gasteiger partial charge >= 0.3 is 35.5 Å². The Hall–Kier alpha value is -1.36. The van der Waals surface area contributed by atoms with Crippen LogP contribution in [0.15, 0.2) is 0 Å². The van der Waals surface area contributed by atoms with Crippen molar-refractivity contribution in [1.82, 2.24) is 10.6 Å². The monoisotopic (exact) mass is 600 g/mol. The number of rotatable bonds is 21. The number of hydrogen-bond donors (Lipinski definition) is 6. The molecule has 1 fully saturated rings. The molecule has 0 saturated carbocycles. The quantitative estimate of drug-likeness (QED) is 0.0414. The van der Waals surface area contributed by atoms with Gasteiger partial charge in [-0.3, -0.25) is 14.4 Å². The van der Waals surface area contributed by atoms with Gasteiger partial charge in [0.25, 0.3) is 0 Å². The van der Waals surface area contributed by atoms with Gasteiger partial charge < -0.3 is 55.2 Å². The summed E-state index contributed by atoms with van der Waals surface area (Å²) < 4.78 is 15.3. The average molecular weight is 601 g/mol. The Bertz CT molecular complexity index is 773. The Morgan fingerprint density at radius 3 is 2.00 bits per heavy atom. The third kappa shape index (κ3) is 16.8. The van der Waals surface area contributed by atoms with E-state index in [1.807, 2.05) is 0 Å². The number of methoxy groups -OCH3 is 1. The van der Waals surface area contributed by atoms with Gasteiger partial charge in [0, 0.05) is 25.4 Å². The fourth-order valence-electron chi connectivity index (χ4n) is 4.13. The molecule has 14 nitrogen and oxygen atoms in total. The zero-order chi connectivity index (χ0) is 29.9. The molecular formula is C26H45N2NaO12. The van der Waals surface area contributed by atoms with Gasteiger partial charge in [-0.05, 0) is 19.3 Å². The summed E-state index contributed by atoms with van der Waals surface area (Å²) in [5, 5.41) is 54.9. The maximum Gasteiger partial charge on any atom is 1.00 e. The summed E-state index contributed by atoms with van der Waals surface area (Å²) >= 11 is 0. The van der Waals surface area contributed by atoms with Crippen LogP contribution in [-0.2, 0) is 33.4 Å². The molecule has 1 heterocycles. The molecule has 6 atom stereocenters. The van der Waals surface area contributed by atoms with E-state index in [0.29, 0.717) is 19.4 Å². The van der Waals surface area contributed by atoms with E-state index in [0.717, 1.165) is 51.4 Å². The van der Waals surface area contributed by atoms with Gasteiger partial charge in [-0.15, -0.1) is 0 Å². The molecule has 0 aromatic carbocycles. The summed E-state index contributed by atoms with van der Waals surface area (Å²) in [7, 11) is 1.38. The van der Waals surface area contributed by atoms with Crippen molar-refractivity contribution in [3.63, 3.8) is 0 Å². The van der Waals surface area contributed by atoms with Crippen LogP contribution in [0.4, 0.5) is 0 Å². The van der Waals surface area contributed by atoms with E-state index in [1.165, 1.54) is 7.11 Å². The predicted octanol–water partition coefficient (Wildman–Crippen LogP) is -4.99. The molecular weight excluding hydrogens is 555 g/mol. The number of carbonyl (C=O) groups is 4. The van der Waals surface area contributed by atoms with Crippen molar-refractivity contribution in [2.24, 2.45) is 0 Å². The Morgan fingerprint density at radius 1 is 0.854 bits per heavy atom. The van der Waals surface area contributed by atoms with Crippen LogP contribution < -0.4 is 45.3 Å². The number of carboxylic acids is 1. The molecule has 15 heteroatoms. The van der Waals surface area contributed by atoms with E-state index in [2.05, 4.69) is 15.4 Å². The molecule has 1 aliphatic rings. The summed E-state index contributed by atoms with van der Waals surface area (Å²) in [6.45, 7) is -0.825. The largest absolute Gasteiger partial charge is 1.00 e. The molecule has 0 bridgehead atoms. The maximum absolute atomic E-state index is 12.7. The van der Waals surface area contributed by atoms with Crippen molar-refractivity contribution in [1.29, 1.82) is 0 Å². The van der Waals surface area contributed by atoms with Crippen LogP contribution in [0.25, 0.3) is 0 Å². The number of carbonyl (C=O) groups excluding carboxylic acids is 4. The van der Waals surface area contributed by atoms with Crippen molar-refractivity contribution in [2.45, 2.75) is 114 Å². The minimum Gasteiger partial charge on any atom is -0.550 e. The number of aliphatic hydroxyl groups excluding tert-OH is 4. The van der Waals surface area contributed by atoms with Gasteiger partial charge in [-0.2, -0.15) is 0 Å². The van der Waals surface area contributed by atoms with Crippen molar-refractivity contribution in [3.05, 3.63) is 0 Å². The van der Waals surface area contributed by atoms with E-state index in [9.17, 15) is 44.7 Å². The first-order valence-electron chi connectivity index (χ1n) is 13.9. The van der Waals surface area contributed by atoms with Crippen molar-refractivity contribution in [3.8, 4) is 0 Å². The summed E-state index contributed by atoms with van der Waals surface area (Å²) in [6.07, 6.45) is 0.519. The molecule has 2 amide bonds. The Balaban J connectivity index is 0.0000160. The van der Waals surface area contributed by atoms with Crippen molar-refractivity contribution in [2.75, 3.05) is 26.9 Å². The minimum atomic E-state index is -1.69. The second-order valence-corrected chi connectivity index (χ2v) is 9.82. The molecule has 0 spiro atoms. The third-order valence-electron chi connectivity index (χ3n) is 6.57. The van der Waals surface area contributed by atoms with Crippen molar-refractivity contribution < 1.29 is 88.5 Å². The van der Waals surface area contributed by atoms with E-state index in [4.69, 9.17) is 9.47 Å². The maximum atomic E-state index is 12.7. The topological polar surface area (TPSA) is 224 Å². The van der Waals surface area contributed by atoms with E-state index < -0.39 is 80.6 Å². The Kier molecular flexibility index (Phi) is 22.4. The predicted molar refractivity (Wildman–Crippen MR) is 137 cm³/mol. The van der Waals surface area contributed by atoms with Crippen LogP contribution in [0.5, 0.6) is 0 Å². The van der Waals surface area contributed by atoms with Crippen LogP contribution in [-0.4, -0.2) is 108 Å². The van der Waals surface area contributed by atoms with Crippen LogP contribution in [0, 0.1) is 0 Å². The number of nitrogens with one attached hydrogen (secondary N) is 2. The first-order chi connectivity index (χ1) is 19.1. The number of hydrogen-bond acceptors (Lipinski definition) is 12. The number of ether oxygens (including phenoxy) is 3. The smallest absolute Gasteiger partial charge is 0.550 e. The SMILES string of the molecule is COC(=O)CCCCCCCCCCCNC(=O)C(CO[C@@H]1O[C@H](CO)[C@H](O)[C@H](O)[C@H]1O)NC(=O)CCC(=O)[O-].[Na+]. The first-order valence-corrected chi connectivity index (χ1v) is 13.9. The Morgan fingerprint density at radius 2 is 1.44 bits per heavy atom. The number of carboxylic acid groups (broad SMARTS) is 1. The third-order valence-corrected chi connectivity index (χ3v) is 6.57. The summed E-state index contributed by atoms with van der Waals surface area (Å²) in [4.78, 5) is 46.6.